The normalized spacial score (nSPS) is 15.9. The van der Waals surface area contributed by atoms with E-state index in [9.17, 15) is 4.79 Å². The Morgan fingerprint density at radius 3 is 2.77 bits per heavy atom. The predicted octanol–water partition coefficient (Wildman–Crippen LogP) is 2.70. The Hall–Kier alpha value is -2.10. The Bertz CT molecular complexity index is 783. The van der Waals surface area contributed by atoms with E-state index < -0.39 is 0 Å². The number of aryl methyl sites for hydroxylation is 2. The summed E-state index contributed by atoms with van der Waals surface area (Å²) in [5.74, 6) is 1.43. The molecule has 8 heteroatoms. The molecule has 1 aromatic carbocycles. The Balaban J connectivity index is 0.00000243. The first-order chi connectivity index (χ1) is 12.1. The van der Waals surface area contributed by atoms with E-state index in [-0.39, 0.29) is 35.8 Å². The number of benzene rings is 1. The maximum absolute atomic E-state index is 12.1. The van der Waals surface area contributed by atoms with E-state index in [1.165, 1.54) is 0 Å². The van der Waals surface area contributed by atoms with Crippen LogP contribution in [0.3, 0.4) is 0 Å². The molecule has 0 fully saturated rings. The van der Waals surface area contributed by atoms with Crippen LogP contribution in [-0.4, -0.2) is 30.6 Å². The third kappa shape index (κ3) is 4.35. The number of halogens is 1. The lowest BCUT2D eigenvalue weighted by Gasteiger charge is -2.13. The lowest BCUT2D eigenvalue weighted by Crippen LogP contribution is -2.38. The monoisotopic (exact) mass is 469 g/mol. The summed E-state index contributed by atoms with van der Waals surface area (Å²) in [5.41, 5.74) is 3.89. The SMILES string of the molecule is CN=C(NCCC1C(=O)Nc2ccccc21)NCc1c(C)noc1C.I. The Morgan fingerprint density at radius 2 is 2.08 bits per heavy atom. The van der Waals surface area contributed by atoms with Crippen LogP contribution in [0.4, 0.5) is 5.69 Å². The molecule has 1 aliphatic rings. The van der Waals surface area contributed by atoms with Crippen LogP contribution in [0.5, 0.6) is 0 Å². The third-order valence-corrected chi connectivity index (χ3v) is 4.47. The Kier molecular flexibility index (Phi) is 7.01. The summed E-state index contributed by atoms with van der Waals surface area (Å²) in [4.78, 5) is 16.3. The lowest BCUT2D eigenvalue weighted by molar-refractivity contribution is -0.117. The van der Waals surface area contributed by atoms with E-state index in [2.05, 4.69) is 26.1 Å². The molecule has 1 atom stereocenters. The fraction of sp³-hybridized carbons (Fsp3) is 0.389. The minimum atomic E-state index is -0.121. The second-order valence-corrected chi connectivity index (χ2v) is 6.07. The summed E-state index contributed by atoms with van der Waals surface area (Å²) >= 11 is 0. The summed E-state index contributed by atoms with van der Waals surface area (Å²) in [6.07, 6.45) is 0.703. The summed E-state index contributed by atoms with van der Waals surface area (Å²) < 4.78 is 5.16. The zero-order chi connectivity index (χ0) is 17.8. The van der Waals surface area contributed by atoms with E-state index in [1.54, 1.807) is 7.05 Å². The number of carbonyl (C=O) groups excluding carboxylic acids is 1. The number of guanidine groups is 1. The first kappa shape index (κ1) is 20.2. The van der Waals surface area contributed by atoms with Crippen LogP contribution < -0.4 is 16.0 Å². The van der Waals surface area contributed by atoms with Crippen LogP contribution in [0, 0.1) is 13.8 Å². The van der Waals surface area contributed by atoms with Crippen molar-refractivity contribution in [2.45, 2.75) is 32.7 Å². The van der Waals surface area contributed by atoms with Crippen molar-refractivity contribution < 1.29 is 9.32 Å². The lowest BCUT2D eigenvalue weighted by atomic mass is 9.97. The maximum Gasteiger partial charge on any atom is 0.232 e. The molecule has 3 rings (SSSR count). The van der Waals surface area contributed by atoms with Gasteiger partial charge in [0.05, 0.1) is 11.6 Å². The highest BCUT2D eigenvalue weighted by atomic mass is 127. The molecule has 0 bridgehead atoms. The third-order valence-electron chi connectivity index (χ3n) is 4.47. The number of aromatic nitrogens is 1. The van der Waals surface area contributed by atoms with Crippen molar-refractivity contribution in [2.75, 3.05) is 18.9 Å². The molecule has 1 amide bonds. The number of rotatable bonds is 5. The van der Waals surface area contributed by atoms with Crippen molar-refractivity contribution in [1.29, 1.82) is 0 Å². The van der Waals surface area contributed by atoms with E-state index in [4.69, 9.17) is 4.52 Å². The van der Waals surface area contributed by atoms with Crippen molar-refractivity contribution in [3.63, 3.8) is 0 Å². The molecule has 2 heterocycles. The molecular weight excluding hydrogens is 445 g/mol. The van der Waals surface area contributed by atoms with Gasteiger partial charge in [-0.15, -0.1) is 24.0 Å². The zero-order valence-corrected chi connectivity index (χ0v) is 17.5. The first-order valence-corrected chi connectivity index (χ1v) is 8.36. The van der Waals surface area contributed by atoms with Crippen molar-refractivity contribution in [2.24, 2.45) is 4.99 Å². The van der Waals surface area contributed by atoms with E-state index in [1.807, 2.05) is 38.1 Å². The number of fused-ring (bicyclic) bond motifs is 1. The first-order valence-electron chi connectivity index (χ1n) is 8.36. The molecular formula is C18H24IN5O2. The van der Waals surface area contributed by atoms with Crippen molar-refractivity contribution in [1.82, 2.24) is 15.8 Å². The zero-order valence-electron chi connectivity index (χ0n) is 15.1. The molecule has 1 aliphatic heterocycles. The van der Waals surface area contributed by atoms with Gasteiger partial charge in [-0.25, -0.2) is 0 Å². The molecule has 140 valence electrons. The maximum atomic E-state index is 12.1. The highest BCUT2D eigenvalue weighted by Gasteiger charge is 2.29. The van der Waals surface area contributed by atoms with Gasteiger partial charge in [-0.1, -0.05) is 23.4 Å². The van der Waals surface area contributed by atoms with Gasteiger partial charge in [-0.05, 0) is 31.9 Å². The second kappa shape index (κ2) is 9.02. The van der Waals surface area contributed by atoms with Gasteiger partial charge in [0.1, 0.15) is 5.76 Å². The van der Waals surface area contributed by atoms with Crippen LogP contribution >= 0.6 is 24.0 Å². The highest BCUT2D eigenvalue weighted by Crippen LogP contribution is 2.33. The van der Waals surface area contributed by atoms with Gasteiger partial charge in [0.15, 0.2) is 5.96 Å². The number of nitrogens with zero attached hydrogens (tertiary/aromatic N) is 2. The minimum Gasteiger partial charge on any atom is -0.361 e. The Morgan fingerprint density at radius 1 is 1.31 bits per heavy atom. The fourth-order valence-electron chi connectivity index (χ4n) is 3.04. The van der Waals surface area contributed by atoms with Gasteiger partial charge in [0.2, 0.25) is 5.91 Å². The molecule has 7 nitrogen and oxygen atoms in total. The molecule has 0 radical (unpaired) electrons. The summed E-state index contributed by atoms with van der Waals surface area (Å²) in [6.45, 7) is 5.05. The molecule has 0 aliphatic carbocycles. The molecule has 0 saturated heterocycles. The minimum absolute atomic E-state index is 0. The Labute approximate surface area is 170 Å². The van der Waals surface area contributed by atoms with Crippen LogP contribution in [0.1, 0.15) is 34.9 Å². The molecule has 2 aromatic rings. The number of amides is 1. The van der Waals surface area contributed by atoms with Crippen molar-refractivity contribution in [3.05, 3.63) is 46.8 Å². The summed E-state index contributed by atoms with van der Waals surface area (Å²) in [5, 5.41) is 13.4. The molecule has 3 N–H and O–H groups in total. The van der Waals surface area contributed by atoms with Gasteiger partial charge < -0.3 is 20.5 Å². The average molecular weight is 469 g/mol. The second-order valence-electron chi connectivity index (χ2n) is 6.07. The molecule has 0 saturated carbocycles. The van der Waals surface area contributed by atoms with E-state index >= 15 is 0 Å². The molecule has 0 spiro atoms. The smallest absolute Gasteiger partial charge is 0.232 e. The average Bonchev–Trinajstić information content (AvgIpc) is 3.10. The highest BCUT2D eigenvalue weighted by molar-refractivity contribution is 14.0. The molecule has 1 aromatic heterocycles. The number of carbonyl (C=O) groups is 1. The standard InChI is InChI=1S/C18H23N5O2.HI/c1-11-15(12(2)25-23-11)10-21-18(19-3)20-9-8-14-13-6-4-5-7-16(13)22-17(14)24;/h4-7,14H,8-10H2,1-3H3,(H,22,24)(H2,19,20,21);1H. The summed E-state index contributed by atoms with van der Waals surface area (Å²) in [7, 11) is 1.72. The quantitative estimate of drug-likeness (QED) is 0.356. The number of nitrogens with one attached hydrogen (secondary N) is 3. The van der Waals surface area contributed by atoms with Gasteiger partial charge in [-0.2, -0.15) is 0 Å². The van der Waals surface area contributed by atoms with Crippen molar-refractivity contribution >= 4 is 41.5 Å². The number of aliphatic imine (C=N–C) groups is 1. The number of anilines is 1. The van der Waals surface area contributed by atoms with E-state index in [0.29, 0.717) is 25.5 Å². The van der Waals surface area contributed by atoms with Gasteiger partial charge >= 0.3 is 0 Å². The largest absolute Gasteiger partial charge is 0.361 e. The molecule has 1 unspecified atom stereocenters. The topological polar surface area (TPSA) is 91.5 Å². The number of hydrogen-bond donors (Lipinski definition) is 3. The van der Waals surface area contributed by atoms with Crippen molar-refractivity contribution in [3.8, 4) is 0 Å². The van der Waals surface area contributed by atoms with Crippen LogP contribution in [0.15, 0.2) is 33.8 Å². The van der Waals surface area contributed by atoms with Crippen LogP contribution in [0.2, 0.25) is 0 Å². The number of hydrogen-bond acceptors (Lipinski definition) is 4. The number of para-hydroxylation sites is 1. The summed E-state index contributed by atoms with van der Waals surface area (Å²) in [6, 6.07) is 7.83. The van der Waals surface area contributed by atoms with Gasteiger partial charge in [0.25, 0.3) is 0 Å². The molecule has 26 heavy (non-hydrogen) atoms. The van der Waals surface area contributed by atoms with Crippen LogP contribution in [0.25, 0.3) is 0 Å². The predicted molar refractivity (Wildman–Crippen MR) is 112 cm³/mol. The van der Waals surface area contributed by atoms with Gasteiger partial charge in [0, 0.05) is 31.4 Å². The van der Waals surface area contributed by atoms with E-state index in [0.717, 1.165) is 28.3 Å². The van der Waals surface area contributed by atoms with Crippen LogP contribution in [-0.2, 0) is 11.3 Å². The van der Waals surface area contributed by atoms with Gasteiger partial charge in [-0.3, -0.25) is 9.79 Å². The fourth-order valence-corrected chi connectivity index (χ4v) is 3.04.